The van der Waals surface area contributed by atoms with E-state index >= 15 is 0 Å². The van der Waals surface area contributed by atoms with Gasteiger partial charge in [0.2, 0.25) is 10.0 Å². The monoisotopic (exact) mass is 265 g/mol. The molecule has 0 aliphatic carbocycles. The summed E-state index contributed by atoms with van der Waals surface area (Å²) >= 11 is 0. The van der Waals surface area contributed by atoms with Crippen LogP contribution in [0.5, 0.6) is 0 Å². The van der Waals surface area contributed by atoms with E-state index in [1.165, 1.54) is 0 Å². The van der Waals surface area contributed by atoms with Crippen LogP contribution < -0.4 is 0 Å². The highest BCUT2D eigenvalue weighted by Gasteiger charge is 2.40. The SMILES string of the molecule is CCOCCS(=O)(=O)N1CCOCC1(C)CC. The average Bonchev–Trinajstić information content (AvgIpc) is 2.29. The number of hydrogen-bond acceptors (Lipinski definition) is 4. The number of hydrogen-bond donors (Lipinski definition) is 0. The largest absolute Gasteiger partial charge is 0.381 e. The zero-order valence-electron chi connectivity index (χ0n) is 10.9. The second kappa shape index (κ2) is 6.13. The van der Waals surface area contributed by atoms with Crippen molar-refractivity contribution >= 4 is 10.0 Å². The number of morpholine rings is 1. The Hall–Kier alpha value is -0.170. The van der Waals surface area contributed by atoms with Crippen LogP contribution in [0.15, 0.2) is 0 Å². The number of nitrogens with zero attached hydrogens (tertiary/aromatic N) is 1. The molecule has 0 aromatic rings. The molecule has 1 rings (SSSR count). The predicted octanol–water partition coefficient (Wildman–Crippen LogP) is 0.854. The van der Waals surface area contributed by atoms with Crippen LogP contribution in [-0.2, 0) is 19.5 Å². The van der Waals surface area contributed by atoms with E-state index < -0.39 is 15.6 Å². The van der Waals surface area contributed by atoms with Crippen molar-refractivity contribution in [2.24, 2.45) is 0 Å². The van der Waals surface area contributed by atoms with Gasteiger partial charge >= 0.3 is 0 Å². The third kappa shape index (κ3) is 3.64. The Bertz CT molecular complexity index is 330. The first kappa shape index (κ1) is 14.9. The van der Waals surface area contributed by atoms with E-state index in [9.17, 15) is 8.42 Å². The molecule has 1 aliphatic heterocycles. The van der Waals surface area contributed by atoms with Crippen molar-refractivity contribution in [1.29, 1.82) is 0 Å². The van der Waals surface area contributed by atoms with E-state index in [0.717, 1.165) is 6.42 Å². The van der Waals surface area contributed by atoms with Gasteiger partial charge in [0, 0.05) is 13.2 Å². The molecule has 0 amide bonds. The van der Waals surface area contributed by atoms with E-state index in [-0.39, 0.29) is 12.4 Å². The normalized spacial score (nSPS) is 27.2. The lowest BCUT2D eigenvalue weighted by Gasteiger charge is -2.42. The van der Waals surface area contributed by atoms with Crippen LogP contribution >= 0.6 is 0 Å². The van der Waals surface area contributed by atoms with Crippen molar-refractivity contribution in [3.05, 3.63) is 0 Å². The van der Waals surface area contributed by atoms with Gasteiger partial charge in [-0.25, -0.2) is 8.42 Å². The number of sulfonamides is 1. The molecule has 17 heavy (non-hydrogen) atoms. The van der Waals surface area contributed by atoms with E-state index in [4.69, 9.17) is 9.47 Å². The molecule has 6 heteroatoms. The minimum absolute atomic E-state index is 0.0520. The fourth-order valence-corrected chi connectivity index (χ4v) is 3.71. The van der Waals surface area contributed by atoms with Gasteiger partial charge in [0.25, 0.3) is 0 Å². The molecule has 5 nitrogen and oxygen atoms in total. The van der Waals surface area contributed by atoms with E-state index in [0.29, 0.717) is 26.4 Å². The minimum Gasteiger partial charge on any atom is -0.381 e. The molecule has 1 saturated heterocycles. The summed E-state index contributed by atoms with van der Waals surface area (Å²) in [5.41, 5.74) is -0.413. The summed E-state index contributed by atoms with van der Waals surface area (Å²) < 4.78 is 36.6. The van der Waals surface area contributed by atoms with Crippen molar-refractivity contribution < 1.29 is 17.9 Å². The van der Waals surface area contributed by atoms with Gasteiger partial charge in [-0.3, -0.25) is 0 Å². The smallest absolute Gasteiger partial charge is 0.217 e. The first-order valence-corrected chi connectivity index (χ1v) is 7.73. The van der Waals surface area contributed by atoms with Crippen LogP contribution in [-0.4, -0.2) is 57.0 Å². The van der Waals surface area contributed by atoms with Crippen LogP contribution in [0.25, 0.3) is 0 Å². The molecule has 0 aromatic heterocycles. The molecule has 0 radical (unpaired) electrons. The van der Waals surface area contributed by atoms with Crippen LogP contribution in [0.1, 0.15) is 27.2 Å². The van der Waals surface area contributed by atoms with Gasteiger partial charge in [-0.2, -0.15) is 4.31 Å². The Balaban J connectivity index is 2.73. The van der Waals surface area contributed by atoms with Crippen molar-refractivity contribution in [3.63, 3.8) is 0 Å². The maximum Gasteiger partial charge on any atom is 0.217 e. The van der Waals surface area contributed by atoms with E-state index in [1.54, 1.807) is 4.31 Å². The molecular formula is C11H23NO4S. The predicted molar refractivity (Wildman–Crippen MR) is 66.5 cm³/mol. The minimum atomic E-state index is -3.25. The Morgan fingerprint density at radius 1 is 1.41 bits per heavy atom. The summed E-state index contributed by atoms with van der Waals surface area (Å²) in [6.45, 7) is 7.97. The Kier molecular flexibility index (Phi) is 5.37. The third-order valence-electron chi connectivity index (χ3n) is 3.24. The van der Waals surface area contributed by atoms with Crippen molar-refractivity contribution in [3.8, 4) is 0 Å². The first-order valence-electron chi connectivity index (χ1n) is 6.12. The Morgan fingerprint density at radius 3 is 2.71 bits per heavy atom. The molecule has 102 valence electrons. The molecule has 0 saturated carbocycles. The number of ether oxygens (including phenoxy) is 2. The lowest BCUT2D eigenvalue weighted by Crippen LogP contribution is -2.57. The maximum absolute atomic E-state index is 12.2. The molecule has 0 aromatic carbocycles. The summed E-state index contributed by atoms with van der Waals surface area (Å²) in [5, 5.41) is 0. The first-order chi connectivity index (χ1) is 7.96. The molecule has 0 spiro atoms. The number of rotatable bonds is 6. The Morgan fingerprint density at radius 2 is 2.12 bits per heavy atom. The standard InChI is InChI=1S/C11H23NO4S/c1-4-11(3)10-16-7-6-12(11)17(13,14)9-8-15-5-2/h4-10H2,1-3H3. The molecule has 0 bridgehead atoms. The van der Waals surface area contributed by atoms with Gasteiger partial charge in [0.05, 0.1) is 31.1 Å². The molecule has 1 atom stereocenters. The molecular weight excluding hydrogens is 242 g/mol. The molecule has 1 heterocycles. The zero-order valence-corrected chi connectivity index (χ0v) is 11.8. The van der Waals surface area contributed by atoms with Gasteiger partial charge < -0.3 is 9.47 Å². The highest BCUT2D eigenvalue weighted by atomic mass is 32.2. The van der Waals surface area contributed by atoms with Gasteiger partial charge in [0.1, 0.15) is 0 Å². The van der Waals surface area contributed by atoms with E-state index in [1.807, 2.05) is 20.8 Å². The quantitative estimate of drug-likeness (QED) is 0.668. The summed E-state index contributed by atoms with van der Waals surface area (Å²) in [6, 6.07) is 0. The van der Waals surface area contributed by atoms with Crippen LogP contribution in [0, 0.1) is 0 Å². The van der Waals surface area contributed by atoms with Crippen LogP contribution in [0.4, 0.5) is 0 Å². The summed E-state index contributed by atoms with van der Waals surface area (Å²) in [7, 11) is -3.25. The molecule has 1 aliphatic rings. The third-order valence-corrected chi connectivity index (χ3v) is 5.22. The summed E-state index contributed by atoms with van der Waals surface area (Å²) in [5.74, 6) is 0.0520. The lowest BCUT2D eigenvalue weighted by molar-refractivity contribution is -0.0188. The lowest BCUT2D eigenvalue weighted by atomic mass is 9.99. The van der Waals surface area contributed by atoms with Gasteiger partial charge in [-0.05, 0) is 20.3 Å². The van der Waals surface area contributed by atoms with Crippen LogP contribution in [0.3, 0.4) is 0 Å². The summed E-state index contributed by atoms with van der Waals surface area (Å²) in [6.07, 6.45) is 0.751. The Labute approximate surface area is 104 Å². The second-order valence-corrected chi connectivity index (χ2v) is 6.50. The molecule has 1 fully saturated rings. The van der Waals surface area contributed by atoms with Crippen molar-refractivity contribution in [2.45, 2.75) is 32.7 Å². The van der Waals surface area contributed by atoms with Gasteiger partial charge in [0.15, 0.2) is 0 Å². The highest BCUT2D eigenvalue weighted by molar-refractivity contribution is 7.89. The topological polar surface area (TPSA) is 55.8 Å². The fourth-order valence-electron chi connectivity index (χ4n) is 1.95. The molecule has 0 N–H and O–H groups in total. The van der Waals surface area contributed by atoms with Crippen molar-refractivity contribution in [2.75, 3.05) is 38.7 Å². The summed E-state index contributed by atoms with van der Waals surface area (Å²) in [4.78, 5) is 0. The maximum atomic E-state index is 12.2. The average molecular weight is 265 g/mol. The van der Waals surface area contributed by atoms with Gasteiger partial charge in [-0.1, -0.05) is 6.92 Å². The zero-order chi connectivity index (χ0) is 12.9. The van der Waals surface area contributed by atoms with E-state index in [2.05, 4.69) is 0 Å². The van der Waals surface area contributed by atoms with Gasteiger partial charge in [-0.15, -0.1) is 0 Å². The van der Waals surface area contributed by atoms with Crippen molar-refractivity contribution in [1.82, 2.24) is 4.31 Å². The molecule has 1 unspecified atom stereocenters. The second-order valence-electron chi connectivity index (χ2n) is 4.49. The fraction of sp³-hybridized carbons (Fsp3) is 1.00. The highest BCUT2D eigenvalue weighted by Crippen LogP contribution is 2.26. The van der Waals surface area contributed by atoms with Crippen LogP contribution in [0.2, 0.25) is 0 Å².